The van der Waals surface area contributed by atoms with Crippen LogP contribution in [0.2, 0.25) is 0 Å². The lowest BCUT2D eigenvalue weighted by atomic mass is 9.99. The first-order valence-corrected chi connectivity index (χ1v) is 8.04. The van der Waals surface area contributed by atoms with Gasteiger partial charge in [-0.15, -0.1) is 0 Å². The molecule has 122 valence electrons. The largest absolute Gasteiger partial charge is 0.334 e. The van der Waals surface area contributed by atoms with Crippen LogP contribution in [0.1, 0.15) is 40.5 Å². The number of hydrogen-bond acceptors (Lipinski definition) is 3. The summed E-state index contributed by atoms with van der Waals surface area (Å²) < 4.78 is 0. The van der Waals surface area contributed by atoms with Gasteiger partial charge < -0.3 is 4.90 Å². The lowest BCUT2D eigenvalue weighted by Crippen LogP contribution is -2.30. The summed E-state index contributed by atoms with van der Waals surface area (Å²) >= 11 is 0. The molecular weight excluding hydrogens is 298 g/mol. The van der Waals surface area contributed by atoms with Crippen LogP contribution < -0.4 is 0 Å². The molecule has 2 aromatic carbocycles. The maximum atomic E-state index is 12.8. The van der Waals surface area contributed by atoms with Gasteiger partial charge in [-0.2, -0.15) is 0 Å². The van der Waals surface area contributed by atoms with Crippen LogP contribution >= 0.6 is 0 Å². The second kappa shape index (κ2) is 6.40. The Bertz CT molecular complexity index is 879. The average Bonchev–Trinajstić information content (AvgIpc) is 2.58. The van der Waals surface area contributed by atoms with Crippen molar-refractivity contribution in [1.29, 1.82) is 0 Å². The molecule has 0 unspecified atom stereocenters. The van der Waals surface area contributed by atoms with Crippen LogP contribution in [0.5, 0.6) is 0 Å². The van der Waals surface area contributed by atoms with Gasteiger partial charge in [-0.1, -0.05) is 42.5 Å². The molecule has 0 saturated heterocycles. The number of carbonyl (C=O) groups excluding carboxylic acids is 1. The van der Waals surface area contributed by atoms with E-state index in [1.54, 1.807) is 17.9 Å². The van der Waals surface area contributed by atoms with E-state index in [9.17, 15) is 4.79 Å². The minimum atomic E-state index is -0.0935. The topological polar surface area (TPSA) is 46.1 Å². The van der Waals surface area contributed by atoms with Gasteiger partial charge in [-0.25, -0.2) is 9.97 Å². The second-order valence-corrected chi connectivity index (χ2v) is 6.10. The molecular formula is C20H21N3O. The van der Waals surface area contributed by atoms with Crippen molar-refractivity contribution < 1.29 is 4.79 Å². The van der Waals surface area contributed by atoms with E-state index in [0.29, 0.717) is 11.5 Å². The van der Waals surface area contributed by atoms with E-state index < -0.39 is 0 Å². The molecule has 0 N–H and O–H groups in total. The first-order valence-electron chi connectivity index (χ1n) is 8.04. The zero-order valence-electron chi connectivity index (χ0n) is 14.4. The SMILES string of the molecule is Cc1cc(C(=O)N(C)[C@H](C)c2cccc3ccccc23)nc(C)n1. The molecule has 1 atom stereocenters. The quantitative estimate of drug-likeness (QED) is 0.731. The Kier molecular flexibility index (Phi) is 4.30. The number of amides is 1. The number of fused-ring (bicyclic) bond motifs is 1. The summed E-state index contributed by atoms with van der Waals surface area (Å²) in [5, 5.41) is 2.35. The van der Waals surface area contributed by atoms with Gasteiger partial charge in [0.25, 0.3) is 5.91 Å². The molecule has 0 fully saturated rings. The normalized spacial score (nSPS) is 12.2. The number of benzene rings is 2. The lowest BCUT2D eigenvalue weighted by molar-refractivity contribution is 0.0737. The Morgan fingerprint density at radius 3 is 2.50 bits per heavy atom. The highest BCUT2D eigenvalue weighted by Gasteiger charge is 2.21. The molecule has 1 amide bonds. The molecule has 1 heterocycles. The van der Waals surface area contributed by atoms with E-state index in [-0.39, 0.29) is 11.9 Å². The predicted octanol–water partition coefficient (Wildman–Crippen LogP) is 4.08. The Labute approximate surface area is 142 Å². The number of rotatable bonds is 3. The van der Waals surface area contributed by atoms with E-state index in [2.05, 4.69) is 34.2 Å². The van der Waals surface area contributed by atoms with Crippen molar-refractivity contribution in [3.63, 3.8) is 0 Å². The van der Waals surface area contributed by atoms with E-state index in [1.807, 2.05) is 39.1 Å². The van der Waals surface area contributed by atoms with E-state index >= 15 is 0 Å². The molecule has 3 aromatic rings. The van der Waals surface area contributed by atoms with Crippen molar-refractivity contribution in [2.24, 2.45) is 0 Å². The predicted molar refractivity (Wildman–Crippen MR) is 96.0 cm³/mol. The van der Waals surface area contributed by atoms with Crippen LogP contribution in [0.3, 0.4) is 0 Å². The van der Waals surface area contributed by atoms with E-state index in [4.69, 9.17) is 0 Å². The van der Waals surface area contributed by atoms with Gasteiger partial charge in [0, 0.05) is 12.7 Å². The molecule has 0 aliphatic rings. The summed E-state index contributed by atoms with van der Waals surface area (Å²) in [6.45, 7) is 5.72. The summed E-state index contributed by atoms with van der Waals surface area (Å²) in [6.07, 6.45) is 0. The molecule has 0 radical (unpaired) electrons. The fourth-order valence-electron chi connectivity index (χ4n) is 3.01. The molecule has 0 saturated carbocycles. The maximum absolute atomic E-state index is 12.8. The van der Waals surface area contributed by atoms with Gasteiger partial charge in [0.1, 0.15) is 11.5 Å². The Hall–Kier alpha value is -2.75. The summed E-state index contributed by atoms with van der Waals surface area (Å²) in [5.74, 6) is 0.522. The van der Waals surface area contributed by atoms with Crippen LogP contribution in [0.25, 0.3) is 10.8 Å². The monoisotopic (exact) mass is 319 g/mol. The Morgan fingerprint density at radius 1 is 1.04 bits per heavy atom. The molecule has 1 aromatic heterocycles. The van der Waals surface area contributed by atoms with Crippen molar-refractivity contribution >= 4 is 16.7 Å². The number of carbonyl (C=O) groups is 1. The minimum absolute atomic E-state index is 0.0563. The van der Waals surface area contributed by atoms with Crippen molar-refractivity contribution in [3.8, 4) is 0 Å². The lowest BCUT2D eigenvalue weighted by Gasteiger charge is -2.26. The van der Waals surface area contributed by atoms with Crippen LogP contribution in [0.15, 0.2) is 48.5 Å². The van der Waals surface area contributed by atoms with Crippen LogP contribution in [0.4, 0.5) is 0 Å². The van der Waals surface area contributed by atoms with Crippen molar-refractivity contribution in [2.75, 3.05) is 7.05 Å². The molecule has 4 nitrogen and oxygen atoms in total. The molecule has 3 rings (SSSR count). The third-order valence-corrected chi connectivity index (χ3v) is 4.36. The van der Waals surface area contributed by atoms with Gasteiger partial charge in [-0.05, 0) is 43.2 Å². The zero-order valence-corrected chi connectivity index (χ0v) is 14.4. The fourth-order valence-corrected chi connectivity index (χ4v) is 3.01. The summed E-state index contributed by atoms with van der Waals surface area (Å²) in [4.78, 5) is 23.1. The van der Waals surface area contributed by atoms with Crippen molar-refractivity contribution in [2.45, 2.75) is 26.8 Å². The van der Waals surface area contributed by atoms with Gasteiger partial charge in [0.15, 0.2) is 0 Å². The maximum Gasteiger partial charge on any atom is 0.272 e. The highest BCUT2D eigenvalue weighted by atomic mass is 16.2. The average molecular weight is 319 g/mol. The van der Waals surface area contributed by atoms with Crippen LogP contribution in [-0.4, -0.2) is 27.8 Å². The summed E-state index contributed by atoms with van der Waals surface area (Å²) in [5.41, 5.74) is 2.37. The van der Waals surface area contributed by atoms with E-state index in [0.717, 1.165) is 11.3 Å². The number of aryl methyl sites for hydroxylation is 2. The summed E-state index contributed by atoms with van der Waals surface area (Å²) in [7, 11) is 1.82. The minimum Gasteiger partial charge on any atom is -0.334 e. The molecule has 0 aliphatic heterocycles. The van der Waals surface area contributed by atoms with E-state index in [1.165, 1.54) is 10.8 Å². The molecule has 0 bridgehead atoms. The second-order valence-electron chi connectivity index (χ2n) is 6.10. The van der Waals surface area contributed by atoms with Gasteiger partial charge >= 0.3 is 0 Å². The van der Waals surface area contributed by atoms with Gasteiger partial charge in [-0.3, -0.25) is 4.79 Å². The van der Waals surface area contributed by atoms with Crippen molar-refractivity contribution in [1.82, 2.24) is 14.9 Å². The number of hydrogen-bond donors (Lipinski definition) is 0. The number of nitrogens with zero attached hydrogens (tertiary/aromatic N) is 3. The molecule has 0 spiro atoms. The smallest absolute Gasteiger partial charge is 0.272 e. The standard InChI is InChI=1S/C20H21N3O/c1-13-12-19(22-15(3)21-13)20(24)23(4)14(2)17-11-7-9-16-8-5-6-10-18(16)17/h5-12,14H,1-4H3/t14-/m1/s1. The highest BCUT2D eigenvalue weighted by Crippen LogP contribution is 2.28. The Balaban J connectivity index is 1.96. The van der Waals surface area contributed by atoms with Crippen molar-refractivity contribution in [3.05, 3.63) is 71.3 Å². The first kappa shape index (κ1) is 16.1. The first-order chi connectivity index (χ1) is 11.5. The van der Waals surface area contributed by atoms with Gasteiger partial charge in [0.05, 0.1) is 6.04 Å². The van der Waals surface area contributed by atoms with Crippen LogP contribution in [0, 0.1) is 13.8 Å². The number of aromatic nitrogens is 2. The summed E-state index contributed by atoms with van der Waals surface area (Å²) in [6, 6.07) is 16.1. The zero-order chi connectivity index (χ0) is 17.3. The molecule has 4 heteroatoms. The van der Waals surface area contributed by atoms with Gasteiger partial charge in [0.2, 0.25) is 0 Å². The molecule has 0 aliphatic carbocycles. The fraction of sp³-hybridized carbons (Fsp3) is 0.250. The third kappa shape index (κ3) is 3.00. The third-order valence-electron chi connectivity index (χ3n) is 4.36. The Morgan fingerprint density at radius 2 is 1.75 bits per heavy atom. The highest BCUT2D eigenvalue weighted by molar-refractivity contribution is 5.93. The molecule has 24 heavy (non-hydrogen) atoms. The van der Waals surface area contributed by atoms with Crippen LogP contribution in [-0.2, 0) is 0 Å².